The maximum absolute atomic E-state index is 10.7. The molecular formula is C8H17NaO4S. The summed E-state index contributed by atoms with van der Waals surface area (Å²) in [5, 5.41) is 9.56. The number of rotatable bonds is 5. The quantitative estimate of drug-likeness (QED) is 0.442. The van der Waals surface area contributed by atoms with Crippen LogP contribution in [0.1, 0.15) is 40.0 Å². The molecule has 6 heteroatoms. The van der Waals surface area contributed by atoms with Gasteiger partial charge in [-0.2, -0.15) is 0 Å². The normalized spacial score (nSPS) is 18.1. The van der Waals surface area contributed by atoms with Gasteiger partial charge in [0.15, 0.2) is 4.93 Å². The van der Waals surface area contributed by atoms with Gasteiger partial charge in [-0.3, -0.25) is 0 Å². The van der Waals surface area contributed by atoms with Crippen molar-refractivity contribution in [3.8, 4) is 0 Å². The van der Waals surface area contributed by atoms with Crippen molar-refractivity contribution in [3.63, 3.8) is 0 Å². The largest absolute Gasteiger partial charge is 1.00 e. The van der Waals surface area contributed by atoms with Crippen molar-refractivity contribution in [1.82, 2.24) is 0 Å². The SMILES string of the molecule is CCC(C)CC(O)(CC)S(=O)(=O)[O-].[Na+]. The molecule has 14 heavy (non-hydrogen) atoms. The summed E-state index contributed by atoms with van der Waals surface area (Å²) in [4.78, 5) is -2.08. The minimum absolute atomic E-state index is 0. The predicted molar refractivity (Wildman–Crippen MR) is 49.0 cm³/mol. The Labute approximate surface area is 108 Å². The zero-order valence-corrected chi connectivity index (χ0v) is 12.1. The van der Waals surface area contributed by atoms with E-state index in [1.165, 1.54) is 6.92 Å². The van der Waals surface area contributed by atoms with Gasteiger partial charge in [-0.15, -0.1) is 0 Å². The summed E-state index contributed by atoms with van der Waals surface area (Å²) in [6.07, 6.45) is 0.715. The summed E-state index contributed by atoms with van der Waals surface area (Å²) in [5.41, 5.74) is 0. The fraction of sp³-hybridized carbons (Fsp3) is 1.00. The van der Waals surface area contributed by atoms with Crippen LogP contribution in [-0.4, -0.2) is 23.0 Å². The van der Waals surface area contributed by atoms with Gasteiger partial charge < -0.3 is 9.66 Å². The zero-order chi connectivity index (χ0) is 10.7. The topological polar surface area (TPSA) is 77.4 Å². The van der Waals surface area contributed by atoms with Gasteiger partial charge in [0.2, 0.25) is 0 Å². The molecule has 2 atom stereocenters. The molecule has 0 aromatic heterocycles. The molecule has 0 bridgehead atoms. The van der Waals surface area contributed by atoms with E-state index in [1.54, 1.807) is 0 Å². The molecule has 0 aromatic rings. The number of aliphatic hydroxyl groups is 1. The first-order valence-corrected chi connectivity index (χ1v) is 5.85. The van der Waals surface area contributed by atoms with E-state index in [2.05, 4.69) is 0 Å². The van der Waals surface area contributed by atoms with Crippen molar-refractivity contribution in [1.29, 1.82) is 0 Å². The van der Waals surface area contributed by atoms with Crippen molar-refractivity contribution in [2.75, 3.05) is 0 Å². The third kappa shape index (κ3) is 4.59. The number of hydrogen-bond acceptors (Lipinski definition) is 4. The summed E-state index contributed by atoms with van der Waals surface area (Å²) >= 11 is 0. The third-order valence-electron chi connectivity index (χ3n) is 2.38. The average Bonchev–Trinajstić information content (AvgIpc) is 2.02. The Hall–Kier alpha value is 0.870. The van der Waals surface area contributed by atoms with Gasteiger partial charge in [0.25, 0.3) is 0 Å². The molecule has 2 unspecified atom stereocenters. The Balaban J connectivity index is 0. The first-order chi connectivity index (χ1) is 5.77. The first kappa shape index (κ1) is 17.3. The molecule has 0 radical (unpaired) electrons. The van der Waals surface area contributed by atoms with Crippen molar-refractivity contribution >= 4 is 10.1 Å². The zero-order valence-electron chi connectivity index (χ0n) is 9.28. The molecule has 0 aromatic carbocycles. The minimum Gasteiger partial charge on any atom is -0.746 e. The monoisotopic (exact) mass is 232 g/mol. The Morgan fingerprint density at radius 1 is 1.43 bits per heavy atom. The average molecular weight is 232 g/mol. The molecule has 0 rings (SSSR count). The van der Waals surface area contributed by atoms with Gasteiger partial charge in [0.1, 0.15) is 10.1 Å². The smallest absolute Gasteiger partial charge is 0.746 e. The van der Waals surface area contributed by atoms with Gasteiger partial charge in [0, 0.05) is 0 Å². The van der Waals surface area contributed by atoms with Gasteiger partial charge >= 0.3 is 29.6 Å². The molecule has 0 spiro atoms. The van der Waals surface area contributed by atoms with E-state index in [-0.39, 0.29) is 48.3 Å². The molecule has 0 aliphatic rings. The van der Waals surface area contributed by atoms with E-state index in [4.69, 9.17) is 0 Å². The van der Waals surface area contributed by atoms with Gasteiger partial charge in [-0.05, 0) is 18.8 Å². The van der Waals surface area contributed by atoms with Crippen LogP contribution in [0.4, 0.5) is 0 Å². The third-order valence-corrected chi connectivity index (χ3v) is 3.77. The van der Waals surface area contributed by atoms with Crippen LogP contribution in [0.5, 0.6) is 0 Å². The van der Waals surface area contributed by atoms with E-state index < -0.39 is 15.1 Å². The summed E-state index contributed by atoms with van der Waals surface area (Å²) in [7, 11) is -4.61. The maximum Gasteiger partial charge on any atom is 1.00 e. The maximum atomic E-state index is 10.7. The van der Waals surface area contributed by atoms with Crippen LogP contribution < -0.4 is 29.6 Å². The Morgan fingerprint density at radius 3 is 2.07 bits per heavy atom. The van der Waals surface area contributed by atoms with Crippen molar-refractivity contribution in [2.24, 2.45) is 5.92 Å². The van der Waals surface area contributed by atoms with E-state index in [1.807, 2.05) is 13.8 Å². The van der Waals surface area contributed by atoms with Crippen molar-refractivity contribution in [3.05, 3.63) is 0 Å². The van der Waals surface area contributed by atoms with E-state index in [0.29, 0.717) is 0 Å². The van der Waals surface area contributed by atoms with Crippen LogP contribution in [0.25, 0.3) is 0 Å². The van der Waals surface area contributed by atoms with Crippen LogP contribution in [0.3, 0.4) is 0 Å². The first-order valence-electron chi connectivity index (χ1n) is 4.44. The minimum atomic E-state index is -4.61. The molecule has 80 valence electrons. The fourth-order valence-electron chi connectivity index (χ4n) is 1.11. The second-order valence-corrected chi connectivity index (χ2v) is 5.14. The molecule has 0 aliphatic heterocycles. The molecular weight excluding hydrogens is 215 g/mol. The van der Waals surface area contributed by atoms with Crippen LogP contribution >= 0.6 is 0 Å². The van der Waals surface area contributed by atoms with Crippen LogP contribution in [-0.2, 0) is 10.1 Å². The Morgan fingerprint density at radius 2 is 1.86 bits per heavy atom. The Bertz CT molecular complexity index is 252. The Kier molecular flexibility index (Phi) is 7.96. The van der Waals surface area contributed by atoms with Crippen LogP contribution in [0.2, 0.25) is 0 Å². The second kappa shape index (κ2) is 6.45. The summed E-state index contributed by atoms with van der Waals surface area (Å²) < 4.78 is 32.2. The van der Waals surface area contributed by atoms with E-state index >= 15 is 0 Å². The van der Waals surface area contributed by atoms with Crippen LogP contribution in [0.15, 0.2) is 0 Å². The summed E-state index contributed by atoms with van der Waals surface area (Å²) in [5.74, 6) is 0.0358. The van der Waals surface area contributed by atoms with Crippen molar-refractivity contribution < 1.29 is 47.6 Å². The summed E-state index contributed by atoms with van der Waals surface area (Å²) in [6.45, 7) is 5.20. The molecule has 0 heterocycles. The molecule has 0 fully saturated rings. The van der Waals surface area contributed by atoms with Crippen LogP contribution in [0, 0.1) is 5.92 Å². The molecule has 0 saturated heterocycles. The molecule has 4 nitrogen and oxygen atoms in total. The molecule has 0 amide bonds. The second-order valence-electron chi connectivity index (χ2n) is 3.47. The fourth-order valence-corrected chi connectivity index (χ4v) is 1.95. The van der Waals surface area contributed by atoms with E-state index in [9.17, 15) is 18.1 Å². The van der Waals surface area contributed by atoms with Gasteiger partial charge in [-0.25, -0.2) is 8.42 Å². The molecule has 0 aliphatic carbocycles. The predicted octanol–water partition coefficient (Wildman–Crippen LogP) is -1.93. The molecule has 1 N–H and O–H groups in total. The van der Waals surface area contributed by atoms with Crippen molar-refractivity contribution in [2.45, 2.75) is 45.0 Å². The standard InChI is InChI=1S/C8H18O4S.Na/c1-4-7(3)6-8(9,5-2)13(10,11)12;/h7,9H,4-6H2,1-3H3,(H,10,11,12);/q;+1/p-1. The molecule has 0 saturated carbocycles. The van der Waals surface area contributed by atoms with E-state index in [0.717, 1.165) is 6.42 Å². The number of hydrogen-bond donors (Lipinski definition) is 1. The summed E-state index contributed by atoms with van der Waals surface area (Å²) in [6, 6.07) is 0. The van der Waals surface area contributed by atoms with Gasteiger partial charge in [0.05, 0.1) is 0 Å². The van der Waals surface area contributed by atoms with Gasteiger partial charge in [-0.1, -0.05) is 27.2 Å².